The number of benzene rings is 2. The third-order valence-corrected chi connectivity index (χ3v) is 6.77. The topological polar surface area (TPSA) is 74.5 Å². The summed E-state index contributed by atoms with van der Waals surface area (Å²) in [6, 6.07) is 17.6. The van der Waals surface area contributed by atoms with Crippen molar-refractivity contribution in [3.63, 3.8) is 0 Å². The van der Waals surface area contributed by atoms with Crippen LogP contribution in [0.3, 0.4) is 0 Å². The summed E-state index contributed by atoms with van der Waals surface area (Å²) in [4.78, 5) is 21.8. The number of rotatable bonds is 7. The number of fused-ring (bicyclic) bond motifs is 1. The van der Waals surface area contributed by atoms with Crippen LogP contribution in [0.1, 0.15) is 38.6 Å². The monoisotopic (exact) mass is 473 g/mol. The van der Waals surface area contributed by atoms with Gasteiger partial charge >= 0.3 is 0 Å². The standard InChI is InChI=1S/C26H27N5O2S/c1-29(15-21-17-34-18-27-21)26(33)25-23-16-30(13-20-8-5-9-22(32)12-20)11-10-24(23)31(28-25)14-19-6-3-2-4-7-19/h2-9,12,17-18,32H,10-11,13-16H2,1H3. The molecule has 5 rings (SSSR count). The second kappa shape index (κ2) is 9.79. The second-order valence-corrected chi connectivity index (χ2v) is 9.41. The predicted molar refractivity (Wildman–Crippen MR) is 132 cm³/mol. The Morgan fingerprint density at radius 1 is 1.12 bits per heavy atom. The van der Waals surface area contributed by atoms with Gasteiger partial charge in [0.05, 0.1) is 24.3 Å². The Hall–Kier alpha value is -3.49. The third-order valence-electron chi connectivity index (χ3n) is 6.14. The van der Waals surface area contributed by atoms with E-state index in [0.717, 1.165) is 41.0 Å². The number of nitrogens with zero attached hydrogens (tertiary/aromatic N) is 5. The summed E-state index contributed by atoms with van der Waals surface area (Å²) in [5, 5.41) is 16.6. The summed E-state index contributed by atoms with van der Waals surface area (Å²) >= 11 is 1.53. The lowest BCUT2D eigenvalue weighted by Gasteiger charge is -2.28. The van der Waals surface area contributed by atoms with E-state index in [1.54, 1.807) is 29.6 Å². The zero-order valence-corrected chi connectivity index (χ0v) is 19.9. The number of carbonyl (C=O) groups is 1. The molecule has 174 valence electrons. The van der Waals surface area contributed by atoms with Gasteiger partial charge in [-0.05, 0) is 23.3 Å². The van der Waals surface area contributed by atoms with Crippen molar-refractivity contribution in [2.45, 2.75) is 32.6 Å². The van der Waals surface area contributed by atoms with Gasteiger partial charge in [0.25, 0.3) is 5.91 Å². The first-order valence-corrected chi connectivity index (χ1v) is 12.3. The summed E-state index contributed by atoms with van der Waals surface area (Å²) in [6.45, 7) is 3.31. The van der Waals surface area contributed by atoms with Gasteiger partial charge in [0.1, 0.15) is 5.75 Å². The van der Waals surface area contributed by atoms with Crippen LogP contribution in [-0.2, 0) is 32.6 Å². The van der Waals surface area contributed by atoms with Crippen LogP contribution in [0, 0.1) is 0 Å². The highest BCUT2D eigenvalue weighted by atomic mass is 32.1. The number of hydrogen-bond donors (Lipinski definition) is 1. The van der Waals surface area contributed by atoms with E-state index in [-0.39, 0.29) is 11.7 Å². The normalized spacial score (nSPS) is 13.6. The van der Waals surface area contributed by atoms with Gasteiger partial charge in [-0.1, -0.05) is 42.5 Å². The van der Waals surface area contributed by atoms with E-state index in [2.05, 4.69) is 22.0 Å². The summed E-state index contributed by atoms with van der Waals surface area (Å²) in [5.41, 5.74) is 7.51. The molecule has 4 aromatic rings. The van der Waals surface area contributed by atoms with Gasteiger partial charge in [-0.25, -0.2) is 4.98 Å². The number of phenolic OH excluding ortho intramolecular Hbond substituents is 1. The number of aromatic hydroxyl groups is 1. The quantitative estimate of drug-likeness (QED) is 0.440. The number of phenols is 1. The molecule has 0 unspecified atom stereocenters. The van der Waals surface area contributed by atoms with E-state index in [9.17, 15) is 9.90 Å². The van der Waals surface area contributed by atoms with Gasteiger partial charge in [-0.3, -0.25) is 14.4 Å². The molecule has 7 nitrogen and oxygen atoms in total. The summed E-state index contributed by atoms with van der Waals surface area (Å²) in [6.07, 6.45) is 0.817. The fraction of sp³-hybridized carbons (Fsp3) is 0.269. The maximum Gasteiger partial charge on any atom is 0.274 e. The van der Waals surface area contributed by atoms with Gasteiger partial charge in [0.15, 0.2) is 5.69 Å². The molecule has 3 heterocycles. The number of carbonyl (C=O) groups excluding carboxylic acids is 1. The maximum absolute atomic E-state index is 13.5. The van der Waals surface area contributed by atoms with Crippen molar-refractivity contribution in [1.29, 1.82) is 0 Å². The minimum Gasteiger partial charge on any atom is -0.508 e. The molecule has 0 saturated carbocycles. The Labute approximate surface area is 202 Å². The van der Waals surface area contributed by atoms with E-state index in [4.69, 9.17) is 5.10 Å². The molecule has 1 aliphatic heterocycles. The minimum atomic E-state index is -0.0877. The second-order valence-electron chi connectivity index (χ2n) is 8.69. The first-order valence-electron chi connectivity index (χ1n) is 11.3. The summed E-state index contributed by atoms with van der Waals surface area (Å²) < 4.78 is 2.00. The van der Waals surface area contributed by atoms with Crippen molar-refractivity contribution in [3.05, 3.63) is 99.3 Å². The van der Waals surface area contributed by atoms with Crippen LogP contribution in [0.25, 0.3) is 0 Å². The molecule has 1 aliphatic rings. The van der Waals surface area contributed by atoms with Crippen molar-refractivity contribution in [1.82, 2.24) is 24.6 Å². The number of aromatic nitrogens is 3. The van der Waals surface area contributed by atoms with Crippen LogP contribution in [0.2, 0.25) is 0 Å². The Morgan fingerprint density at radius 3 is 2.71 bits per heavy atom. The molecule has 1 N–H and O–H groups in total. The molecule has 0 atom stereocenters. The average molecular weight is 474 g/mol. The van der Waals surface area contributed by atoms with Gasteiger partial charge in [0, 0.05) is 49.7 Å². The van der Waals surface area contributed by atoms with Crippen LogP contribution in [0.5, 0.6) is 5.75 Å². The Kier molecular flexibility index (Phi) is 6.42. The maximum atomic E-state index is 13.5. The molecule has 0 saturated heterocycles. The van der Waals surface area contributed by atoms with Crippen LogP contribution in [0.4, 0.5) is 0 Å². The smallest absolute Gasteiger partial charge is 0.274 e. The highest BCUT2D eigenvalue weighted by molar-refractivity contribution is 7.07. The van der Waals surface area contributed by atoms with E-state index < -0.39 is 0 Å². The molecular weight excluding hydrogens is 446 g/mol. The van der Waals surface area contributed by atoms with Crippen molar-refractivity contribution >= 4 is 17.2 Å². The fourth-order valence-electron chi connectivity index (χ4n) is 4.46. The molecular formula is C26H27N5O2S. The van der Waals surface area contributed by atoms with Gasteiger partial charge in [-0.15, -0.1) is 11.3 Å². The van der Waals surface area contributed by atoms with E-state index in [1.807, 2.05) is 40.4 Å². The zero-order chi connectivity index (χ0) is 23.5. The molecule has 0 spiro atoms. The van der Waals surface area contributed by atoms with Crippen LogP contribution in [-0.4, -0.2) is 49.2 Å². The molecule has 2 aromatic heterocycles. The van der Waals surface area contributed by atoms with Crippen molar-refractivity contribution in [3.8, 4) is 5.75 Å². The number of hydrogen-bond acceptors (Lipinski definition) is 6. The average Bonchev–Trinajstić information content (AvgIpc) is 3.47. The summed E-state index contributed by atoms with van der Waals surface area (Å²) in [5.74, 6) is 0.181. The third kappa shape index (κ3) is 4.88. The fourth-order valence-corrected chi connectivity index (χ4v) is 5.01. The largest absolute Gasteiger partial charge is 0.508 e. The number of thiazole rings is 1. The Balaban J connectivity index is 1.43. The molecule has 2 aromatic carbocycles. The minimum absolute atomic E-state index is 0.0877. The van der Waals surface area contributed by atoms with Crippen molar-refractivity contribution in [2.24, 2.45) is 0 Å². The Morgan fingerprint density at radius 2 is 1.94 bits per heavy atom. The molecule has 0 fully saturated rings. The van der Waals surface area contributed by atoms with Gasteiger partial charge in [0.2, 0.25) is 0 Å². The Bertz CT molecular complexity index is 1270. The molecule has 8 heteroatoms. The zero-order valence-electron chi connectivity index (χ0n) is 19.1. The first-order chi connectivity index (χ1) is 16.6. The molecule has 34 heavy (non-hydrogen) atoms. The summed E-state index contributed by atoms with van der Waals surface area (Å²) in [7, 11) is 1.80. The highest BCUT2D eigenvalue weighted by Crippen LogP contribution is 2.26. The highest BCUT2D eigenvalue weighted by Gasteiger charge is 2.30. The molecule has 1 amide bonds. The van der Waals surface area contributed by atoms with E-state index in [1.165, 1.54) is 11.3 Å². The van der Waals surface area contributed by atoms with Crippen molar-refractivity contribution in [2.75, 3.05) is 13.6 Å². The van der Waals surface area contributed by atoms with Gasteiger partial charge in [-0.2, -0.15) is 5.10 Å². The van der Waals surface area contributed by atoms with E-state index in [0.29, 0.717) is 31.9 Å². The number of amides is 1. The van der Waals surface area contributed by atoms with Crippen LogP contribution < -0.4 is 0 Å². The lowest BCUT2D eigenvalue weighted by Crippen LogP contribution is -2.33. The van der Waals surface area contributed by atoms with Gasteiger partial charge < -0.3 is 10.0 Å². The molecule has 0 radical (unpaired) electrons. The lowest BCUT2D eigenvalue weighted by molar-refractivity contribution is 0.0774. The SMILES string of the molecule is CN(Cc1cscn1)C(=O)c1nn(Cc2ccccc2)c2c1CN(Cc1cccc(O)c1)CC2. The lowest BCUT2D eigenvalue weighted by atomic mass is 10.0. The van der Waals surface area contributed by atoms with Crippen LogP contribution >= 0.6 is 11.3 Å². The molecule has 0 aliphatic carbocycles. The van der Waals surface area contributed by atoms with Crippen molar-refractivity contribution < 1.29 is 9.90 Å². The van der Waals surface area contributed by atoms with E-state index >= 15 is 0 Å². The van der Waals surface area contributed by atoms with Crippen LogP contribution in [0.15, 0.2) is 65.5 Å². The molecule has 0 bridgehead atoms. The first kappa shape index (κ1) is 22.3. The predicted octanol–water partition coefficient (Wildman–Crippen LogP) is 3.92.